The zero-order valence-electron chi connectivity index (χ0n) is 13.1. The van der Waals surface area contributed by atoms with Crippen LogP contribution in [0.3, 0.4) is 0 Å². The highest BCUT2D eigenvalue weighted by molar-refractivity contribution is 5.89. The van der Waals surface area contributed by atoms with Crippen LogP contribution in [0.25, 0.3) is 0 Å². The van der Waals surface area contributed by atoms with Crippen molar-refractivity contribution < 1.29 is 9.90 Å². The van der Waals surface area contributed by atoms with E-state index in [9.17, 15) is 9.90 Å². The molecule has 1 aromatic carbocycles. The minimum absolute atomic E-state index is 0.0248. The average Bonchev–Trinajstić information content (AvgIpc) is 3.01. The van der Waals surface area contributed by atoms with Crippen LogP contribution >= 0.6 is 0 Å². The maximum Gasteiger partial charge on any atom is 0.250 e. The normalized spacial score (nSPS) is 29.2. The fourth-order valence-corrected chi connectivity index (χ4v) is 4.01. The summed E-state index contributed by atoms with van der Waals surface area (Å²) in [7, 11) is 0. The van der Waals surface area contributed by atoms with Gasteiger partial charge in [0.05, 0.1) is 11.6 Å². The minimum atomic E-state index is -0.468. The lowest BCUT2D eigenvalue weighted by atomic mass is 9.68. The number of para-hydroxylation sites is 1. The van der Waals surface area contributed by atoms with E-state index in [2.05, 4.69) is 31.0 Å². The molecule has 0 heterocycles. The predicted octanol–water partition coefficient (Wildman–Crippen LogP) is 3.22. The molecule has 4 heteroatoms. The Morgan fingerprint density at radius 2 is 2.18 bits per heavy atom. The summed E-state index contributed by atoms with van der Waals surface area (Å²) in [6.45, 7) is 8.57. The highest BCUT2D eigenvalue weighted by Gasteiger charge is 2.60. The largest absolute Gasteiger partial charge is 0.507 e. The van der Waals surface area contributed by atoms with Crippen LogP contribution in [-0.4, -0.2) is 17.2 Å². The van der Waals surface area contributed by atoms with Gasteiger partial charge in [0.1, 0.15) is 5.75 Å². The van der Waals surface area contributed by atoms with Gasteiger partial charge in [-0.05, 0) is 42.7 Å². The molecule has 2 fully saturated rings. The SMILES string of the molecule is C=C1C(C)(C)[C@@H]2CC[C@]1(C(=O)N/N=C/c1ccccc1O)C2. The van der Waals surface area contributed by atoms with Gasteiger partial charge in [0.25, 0.3) is 0 Å². The Hall–Kier alpha value is -2.10. The molecule has 0 unspecified atom stereocenters. The monoisotopic (exact) mass is 298 g/mol. The molecule has 2 aliphatic carbocycles. The molecule has 0 spiro atoms. The number of hydrogen-bond donors (Lipinski definition) is 2. The molecule has 2 N–H and O–H groups in total. The number of hydrazone groups is 1. The van der Waals surface area contributed by atoms with E-state index in [1.807, 2.05) is 6.07 Å². The maximum absolute atomic E-state index is 12.7. The fourth-order valence-electron chi connectivity index (χ4n) is 4.01. The van der Waals surface area contributed by atoms with Gasteiger partial charge >= 0.3 is 0 Å². The first-order chi connectivity index (χ1) is 10.4. The van der Waals surface area contributed by atoms with Gasteiger partial charge in [-0.25, -0.2) is 5.43 Å². The summed E-state index contributed by atoms with van der Waals surface area (Å²) in [5.41, 5.74) is 3.81. The molecule has 2 saturated carbocycles. The van der Waals surface area contributed by atoms with Gasteiger partial charge in [-0.1, -0.05) is 38.1 Å². The molecule has 2 atom stereocenters. The van der Waals surface area contributed by atoms with Gasteiger partial charge in [-0.3, -0.25) is 4.79 Å². The van der Waals surface area contributed by atoms with E-state index in [1.165, 1.54) is 6.21 Å². The minimum Gasteiger partial charge on any atom is -0.507 e. The molecular weight excluding hydrogens is 276 g/mol. The molecule has 0 aromatic heterocycles. The number of hydrogen-bond acceptors (Lipinski definition) is 3. The molecule has 4 nitrogen and oxygen atoms in total. The number of carbonyl (C=O) groups is 1. The molecule has 116 valence electrons. The van der Waals surface area contributed by atoms with Crippen molar-refractivity contribution in [3.63, 3.8) is 0 Å². The van der Waals surface area contributed by atoms with E-state index >= 15 is 0 Å². The van der Waals surface area contributed by atoms with Crippen LogP contribution < -0.4 is 5.43 Å². The third-order valence-electron chi connectivity index (χ3n) is 5.63. The number of nitrogens with one attached hydrogen (secondary N) is 1. The van der Waals surface area contributed by atoms with Crippen molar-refractivity contribution in [2.24, 2.45) is 21.8 Å². The van der Waals surface area contributed by atoms with Crippen LogP contribution in [0.5, 0.6) is 5.75 Å². The van der Waals surface area contributed by atoms with Gasteiger partial charge in [0.2, 0.25) is 5.91 Å². The van der Waals surface area contributed by atoms with Crippen molar-refractivity contribution in [1.82, 2.24) is 5.43 Å². The molecule has 1 amide bonds. The van der Waals surface area contributed by atoms with E-state index in [4.69, 9.17) is 0 Å². The highest BCUT2D eigenvalue weighted by Crippen LogP contribution is 2.65. The lowest BCUT2D eigenvalue weighted by molar-refractivity contribution is -0.128. The summed E-state index contributed by atoms with van der Waals surface area (Å²) >= 11 is 0. The molecule has 22 heavy (non-hydrogen) atoms. The van der Waals surface area contributed by atoms with Gasteiger partial charge in [0.15, 0.2) is 0 Å². The fraction of sp³-hybridized carbons (Fsp3) is 0.444. The number of phenolic OH excluding ortho intramolecular Hbond substituents is 1. The topological polar surface area (TPSA) is 61.7 Å². The number of rotatable bonds is 3. The molecular formula is C18H22N2O2. The predicted molar refractivity (Wildman–Crippen MR) is 86.5 cm³/mol. The quantitative estimate of drug-likeness (QED) is 0.511. The second-order valence-corrected chi connectivity index (χ2v) is 6.98. The van der Waals surface area contributed by atoms with Gasteiger partial charge < -0.3 is 5.11 Å². The van der Waals surface area contributed by atoms with Gasteiger partial charge in [-0.15, -0.1) is 0 Å². The molecule has 2 aliphatic rings. The lowest BCUT2D eigenvalue weighted by Gasteiger charge is -2.36. The zero-order valence-corrected chi connectivity index (χ0v) is 13.1. The third kappa shape index (κ3) is 2.05. The first-order valence-electron chi connectivity index (χ1n) is 7.69. The van der Waals surface area contributed by atoms with Crippen molar-refractivity contribution in [2.75, 3.05) is 0 Å². The summed E-state index contributed by atoms with van der Waals surface area (Å²) in [5, 5.41) is 13.7. The number of nitrogens with zero attached hydrogens (tertiary/aromatic N) is 1. The Bertz CT molecular complexity index is 663. The summed E-state index contributed by atoms with van der Waals surface area (Å²) in [6.07, 6.45) is 4.27. The molecule has 0 saturated heterocycles. The average molecular weight is 298 g/mol. The molecule has 0 radical (unpaired) electrons. The van der Waals surface area contributed by atoms with E-state index in [1.54, 1.807) is 18.2 Å². The smallest absolute Gasteiger partial charge is 0.250 e. The summed E-state index contributed by atoms with van der Waals surface area (Å²) in [5.74, 6) is 0.608. The number of phenols is 1. The van der Waals surface area contributed by atoms with Crippen LogP contribution in [0.1, 0.15) is 38.7 Å². The van der Waals surface area contributed by atoms with E-state index in [-0.39, 0.29) is 17.1 Å². The standard InChI is InChI=1S/C18H22N2O2/c1-12-17(2,3)14-8-9-18(12,10-14)16(22)20-19-11-13-6-4-5-7-15(13)21/h4-7,11,14,21H,1,8-10H2,2-3H3,(H,20,22)/b19-11+/t14-,18+/m1/s1. The van der Waals surface area contributed by atoms with Crippen LogP contribution in [0.4, 0.5) is 0 Å². The maximum atomic E-state index is 12.7. The number of fused-ring (bicyclic) bond motifs is 2. The Labute approximate surface area is 130 Å². The summed E-state index contributed by atoms with van der Waals surface area (Å²) < 4.78 is 0. The van der Waals surface area contributed by atoms with Crippen LogP contribution in [0, 0.1) is 16.7 Å². The van der Waals surface area contributed by atoms with Gasteiger partial charge in [-0.2, -0.15) is 5.10 Å². The second-order valence-electron chi connectivity index (χ2n) is 6.98. The van der Waals surface area contributed by atoms with E-state index in [0.717, 1.165) is 24.8 Å². The van der Waals surface area contributed by atoms with Crippen LogP contribution in [0.2, 0.25) is 0 Å². The summed E-state index contributed by atoms with van der Waals surface area (Å²) in [6, 6.07) is 6.88. The molecule has 2 bridgehead atoms. The van der Waals surface area contributed by atoms with Crippen molar-refractivity contribution in [3.05, 3.63) is 42.0 Å². The number of aromatic hydroxyl groups is 1. The molecule has 0 aliphatic heterocycles. The number of carbonyl (C=O) groups excluding carboxylic acids is 1. The van der Waals surface area contributed by atoms with Crippen molar-refractivity contribution >= 4 is 12.1 Å². The number of amides is 1. The van der Waals surface area contributed by atoms with E-state index < -0.39 is 5.41 Å². The third-order valence-corrected chi connectivity index (χ3v) is 5.63. The first-order valence-corrected chi connectivity index (χ1v) is 7.69. The van der Waals surface area contributed by atoms with E-state index in [0.29, 0.717) is 11.5 Å². The van der Waals surface area contributed by atoms with Crippen LogP contribution in [0.15, 0.2) is 41.5 Å². The van der Waals surface area contributed by atoms with Crippen molar-refractivity contribution in [2.45, 2.75) is 33.1 Å². The first kappa shape index (κ1) is 14.8. The second kappa shape index (κ2) is 4.97. The Morgan fingerprint density at radius 1 is 1.45 bits per heavy atom. The number of benzene rings is 1. The lowest BCUT2D eigenvalue weighted by Crippen LogP contribution is -2.39. The Morgan fingerprint density at radius 3 is 2.82 bits per heavy atom. The Balaban J connectivity index is 1.73. The Kier molecular flexibility index (Phi) is 3.35. The van der Waals surface area contributed by atoms with Crippen LogP contribution in [-0.2, 0) is 4.79 Å². The van der Waals surface area contributed by atoms with Crippen molar-refractivity contribution in [1.29, 1.82) is 0 Å². The highest BCUT2D eigenvalue weighted by atomic mass is 16.3. The zero-order chi connectivity index (χ0) is 16.0. The molecule has 1 aromatic rings. The van der Waals surface area contributed by atoms with Gasteiger partial charge in [0, 0.05) is 5.56 Å². The summed E-state index contributed by atoms with van der Waals surface area (Å²) in [4.78, 5) is 12.7. The van der Waals surface area contributed by atoms with Crippen molar-refractivity contribution in [3.8, 4) is 5.75 Å². The molecule has 3 rings (SSSR count).